The van der Waals surface area contributed by atoms with Gasteiger partial charge in [-0.25, -0.2) is 0 Å². The van der Waals surface area contributed by atoms with Crippen LogP contribution in [-0.2, 0) is 28.9 Å². The Morgan fingerprint density at radius 1 is 0.977 bits per heavy atom. The largest absolute Gasteiger partial charge is 0.508 e. The highest BCUT2D eigenvalue weighted by atomic mass is 16.5. The highest BCUT2D eigenvalue weighted by Gasteiger charge is 2.41. The lowest BCUT2D eigenvalue weighted by Crippen LogP contribution is -2.25. The molecule has 0 bridgehead atoms. The van der Waals surface area contributed by atoms with E-state index in [1.165, 1.54) is 39.0 Å². The van der Waals surface area contributed by atoms with E-state index in [-0.39, 0.29) is 30.0 Å². The van der Waals surface area contributed by atoms with Gasteiger partial charge in [0.05, 0.1) is 20.1 Å². The smallest absolute Gasteiger partial charge is 0.302 e. The predicted octanol–water partition coefficient (Wildman–Crippen LogP) is 6.33. The van der Waals surface area contributed by atoms with Gasteiger partial charge in [0.2, 0.25) is 0 Å². The highest BCUT2D eigenvalue weighted by molar-refractivity contribution is 5.82. The predicted molar refractivity (Wildman–Crippen MR) is 163 cm³/mol. The molecule has 3 aromatic rings. The molecule has 0 spiro atoms. The maximum Gasteiger partial charge on any atom is 0.302 e. The highest BCUT2D eigenvalue weighted by Crippen LogP contribution is 2.54. The number of hydrogen-bond donors (Lipinski definition) is 3. The molecule has 0 amide bonds. The Morgan fingerprint density at radius 2 is 1.77 bits per heavy atom. The SMILES string of the molecule is COc1cc(C2Oc3c(ccc4c3CCc3cc(O)cc(OC)c3-4)C2COC(C)=O)c(CNCC2CCCCC2)cc1O. The summed E-state index contributed by atoms with van der Waals surface area (Å²) >= 11 is 0. The Balaban J connectivity index is 1.39. The van der Waals surface area contributed by atoms with Crippen molar-refractivity contribution in [3.63, 3.8) is 0 Å². The average molecular weight is 588 g/mol. The normalized spacial score (nSPS) is 19.1. The zero-order valence-electron chi connectivity index (χ0n) is 25.2. The number of esters is 1. The van der Waals surface area contributed by atoms with Crippen LogP contribution >= 0.6 is 0 Å². The number of aryl methyl sites for hydroxylation is 1. The Hall–Kier alpha value is -3.91. The fraction of sp³-hybridized carbons (Fsp3) is 0.457. The van der Waals surface area contributed by atoms with Crippen molar-refractivity contribution in [2.45, 2.75) is 70.4 Å². The van der Waals surface area contributed by atoms with Crippen molar-refractivity contribution in [3.8, 4) is 39.9 Å². The molecule has 43 heavy (non-hydrogen) atoms. The van der Waals surface area contributed by atoms with Crippen LogP contribution < -0.4 is 19.5 Å². The van der Waals surface area contributed by atoms with Gasteiger partial charge in [-0.1, -0.05) is 31.4 Å². The number of benzene rings is 3. The molecule has 0 saturated heterocycles. The summed E-state index contributed by atoms with van der Waals surface area (Å²) in [5.41, 5.74) is 6.90. The maximum absolute atomic E-state index is 12.0. The van der Waals surface area contributed by atoms with E-state index in [4.69, 9.17) is 18.9 Å². The summed E-state index contributed by atoms with van der Waals surface area (Å²) in [5.74, 6) is 2.13. The Bertz CT molecular complexity index is 1490. The van der Waals surface area contributed by atoms with E-state index >= 15 is 0 Å². The van der Waals surface area contributed by atoms with E-state index in [2.05, 4.69) is 17.4 Å². The van der Waals surface area contributed by atoms with Crippen LogP contribution in [0.5, 0.6) is 28.7 Å². The first-order valence-electron chi connectivity index (χ1n) is 15.3. The number of ether oxygens (including phenoxy) is 4. The number of hydrogen-bond acceptors (Lipinski definition) is 8. The van der Waals surface area contributed by atoms with Gasteiger partial charge in [-0.05, 0) is 73.0 Å². The minimum absolute atomic E-state index is 0.0806. The summed E-state index contributed by atoms with van der Waals surface area (Å²) in [6.45, 7) is 3.09. The monoisotopic (exact) mass is 587 g/mol. The molecule has 2 unspecified atom stereocenters. The molecule has 8 nitrogen and oxygen atoms in total. The molecule has 228 valence electrons. The second-order valence-electron chi connectivity index (χ2n) is 12.0. The number of aromatic hydroxyl groups is 2. The van der Waals surface area contributed by atoms with Crippen molar-refractivity contribution in [2.24, 2.45) is 5.92 Å². The van der Waals surface area contributed by atoms with E-state index in [1.54, 1.807) is 32.4 Å². The van der Waals surface area contributed by atoms with Gasteiger partial charge < -0.3 is 34.5 Å². The van der Waals surface area contributed by atoms with Gasteiger partial charge >= 0.3 is 5.97 Å². The van der Waals surface area contributed by atoms with Gasteiger partial charge in [0.1, 0.15) is 30.0 Å². The van der Waals surface area contributed by atoms with Crippen molar-refractivity contribution < 1.29 is 34.0 Å². The summed E-state index contributed by atoms with van der Waals surface area (Å²) in [4.78, 5) is 12.0. The number of methoxy groups -OCH3 is 2. The van der Waals surface area contributed by atoms with Crippen molar-refractivity contribution in [1.29, 1.82) is 0 Å². The van der Waals surface area contributed by atoms with Crippen LogP contribution in [0.1, 0.15) is 78.9 Å². The fourth-order valence-electron chi connectivity index (χ4n) is 7.19. The number of carbonyl (C=O) groups is 1. The van der Waals surface area contributed by atoms with Crippen molar-refractivity contribution in [1.82, 2.24) is 5.32 Å². The zero-order chi connectivity index (χ0) is 30.1. The van der Waals surface area contributed by atoms with Crippen LogP contribution in [-0.4, -0.2) is 43.6 Å². The summed E-state index contributed by atoms with van der Waals surface area (Å²) in [6.07, 6.45) is 7.40. The molecule has 8 heteroatoms. The van der Waals surface area contributed by atoms with Crippen LogP contribution in [0.3, 0.4) is 0 Å². The Morgan fingerprint density at radius 3 is 2.51 bits per heavy atom. The second-order valence-corrected chi connectivity index (χ2v) is 12.0. The van der Waals surface area contributed by atoms with E-state index in [0.29, 0.717) is 24.0 Å². The Labute approximate surface area is 252 Å². The number of phenolic OH excluding ortho intramolecular Hbond substituents is 2. The third kappa shape index (κ3) is 5.73. The molecule has 3 aromatic carbocycles. The standard InChI is InChI=1S/C35H41NO7/c1-20(37)42-19-29-27-12-11-25-26(10-9-22-13-24(38)15-32(41-3)33(22)25)34(27)43-35(29)28-16-31(40-2)30(39)14-23(28)18-36-17-21-7-5-4-6-8-21/h11-16,21,29,35-36,38-39H,4-10,17-19H2,1-3H3. The van der Waals surface area contributed by atoms with E-state index in [9.17, 15) is 15.0 Å². The van der Waals surface area contributed by atoms with E-state index in [0.717, 1.165) is 64.1 Å². The summed E-state index contributed by atoms with van der Waals surface area (Å²) in [5, 5.41) is 24.6. The lowest BCUT2D eigenvalue weighted by Gasteiger charge is -2.25. The molecule has 0 radical (unpaired) electrons. The van der Waals surface area contributed by atoms with Crippen molar-refractivity contribution in [2.75, 3.05) is 27.4 Å². The number of fused-ring (bicyclic) bond motifs is 5. The minimum atomic E-state index is -0.454. The van der Waals surface area contributed by atoms with Crippen LogP contribution in [0.15, 0.2) is 36.4 Å². The molecule has 1 heterocycles. The minimum Gasteiger partial charge on any atom is -0.508 e. The van der Waals surface area contributed by atoms with Gasteiger partial charge in [-0.2, -0.15) is 0 Å². The summed E-state index contributed by atoms with van der Waals surface area (Å²) in [7, 11) is 3.15. The number of carbonyl (C=O) groups excluding carboxylic acids is 1. The molecule has 2 atom stereocenters. The first kappa shape index (κ1) is 29.2. The second kappa shape index (κ2) is 12.4. The molecule has 2 aliphatic carbocycles. The quantitative estimate of drug-likeness (QED) is 0.250. The van der Waals surface area contributed by atoms with Crippen molar-refractivity contribution >= 4 is 5.97 Å². The van der Waals surface area contributed by atoms with Gasteiger partial charge in [0.15, 0.2) is 11.5 Å². The van der Waals surface area contributed by atoms with Gasteiger partial charge in [-0.3, -0.25) is 4.79 Å². The van der Waals surface area contributed by atoms with Gasteiger partial charge in [0, 0.05) is 41.8 Å². The zero-order valence-corrected chi connectivity index (χ0v) is 25.2. The molecular weight excluding hydrogens is 546 g/mol. The number of nitrogens with one attached hydrogen (secondary N) is 1. The molecule has 3 aliphatic rings. The third-order valence-corrected chi connectivity index (χ3v) is 9.29. The number of phenols is 2. The van der Waals surface area contributed by atoms with Crippen LogP contribution in [0.4, 0.5) is 0 Å². The molecule has 1 saturated carbocycles. The van der Waals surface area contributed by atoms with Crippen LogP contribution in [0.2, 0.25) is 0 Å². The van der Waals surface area contributed by atoms with Crippen LogP contribution in [0.25, 0.3) is 11.1 Å². The van der Waals surface area contributed by atoms with Crippen molar-refractivity contribution in [3.05, 3.63) is 64.2 Å². The van der Waals surface area contributed by atoms with E-state index < -0.39 is 6.10 Å². The molecule has 1 fully saturated rings. The first-order chi connectivity index (χ1) is 20.9. The summed E-state index contributed by atoms with van der Waals surface area (Å²) in [6, 6.07) is 11.2. The molecule has 0 aromatic heterocycles. The molecular formula is C35H41NO7. The van der Waals surface area contributed by atoms with Gasteiger partial charge in [-0.15, -0.1) is 0 Å². The van der Waals surface area contributed by atoms with E-state index in [1.807, 2.05) is 6.07 Å². The lowest BCUT2D eigenvalue weighted by atomic mass is 9.81. The maximum atomic E-state index is 12.0. The van der Waals surface area contributed by atoms with Crippen LogP contribution in [0, 0.1) is 5.92 Å². The third-order valence-electron chi connectivity index (χ3n) is 9.29. The van der Waals surface area contributed by atoms with Gasteiger partial charge in [0.25, 0.3) is 0 Å². The topological polar surface area (TPSA) is 106 Å². The molecule has 1 aliphatic heterocycles. The summed E-state index contributed by atoms with van der Waals surface area (Å²) < 4.78 is 23.7. The molecule has 6 rings (SSSR count). The first-order valence-corrected chi connectivity index (χ1v) is 15.3. The lowest BCUT2D eigenvalue weighted by molar-refractivity contribution is -0.141. The molecule has 3 N–H and O–H groups in total. The fourth-order valence-corrected chi connectivity index (χ4v) is 7.19. The Kier molecular flexibility index (Phi) is 8.39. The average Bonchev–Trinajstić information content (AvgIpc) is 3.38. The number of rotatable bonds is 9.